The topological polar surface area (TPSA) is 63.7 Å². The monoisotopic (exact) mass is 397 g/mol. The van der Waals surface area contributed by atoms with E-state index in [4.69, 9.17) is 16.3 Å². The van der Waals surface area contributed by atoms with Gasteiger partial charge in [0.05, 0.1) is 28.1 Å². The predicted octanol–water partition coefficient (Wildman–Crippen LogP) is 4.38. The van der Waals surface area contributed by atoms with E-state index in [1.807, 2.05) is 30.3 Å². The normalized spacial score (nSPS) is 21.5. The molecule has 2 atom stereocenters. The maximum Gasteiger partial charge on any atom is 0.340 e. The summed E-state index contributed by atoms with van der Waals surface area (Å²) in [6.07, 6.45) is 3.41. The number of esters is 1. The van der Waals surface area contributed by atoms with E-state index >= 15 is 0 Å². The summed E-state index contributed by atoms with van der Waals surface area (Å²) < 4.78 is 5.35. The summed E-state index contributed by atoms with van der Waals surface area (Å²) in [5.41, 5.74) is 1.38. The van der Waals surface area contributed by atoms with Gasteiger partial charge < -0.3 is 4.74 Å². The van der Waals surface area contributed by atoms with Crippen molar-refractivity contribution in [1.82, 2.24) is 0 Å². The first-order valence-electron chi connectivity index (χ1n) is 9.44. The van der Waals surface area contributed by atoms with E-state index in [1.165, 1.54) is 17.0 Å². The third-order valence-electron chi connectivity index (χ3n) is 5.48. The van der Waals surface area contributed by atoms with Crippen molar-refractivity contribution in [2.45, 2.75) is 32.3 Å². The fourth-order valence-corrected chi connectivity index (χ4v) is 4.22. The van der Waals surface area contributed by atoms with Crippen molar-refractivity contribution in [3.05, 3.63) is 64.7 Å². The van der Waals surface area contributed by atoms with Gasteiger partial charge >= 0.3 is 5.97 Å². The Labute approximate surface area is 168 Å². The van der Waals surface area contributed by atoms with Crippen LogP contribution in [0.1, 0.15) is 41.6 Å². The molecule has 0 N–H and O–H groups in total. The average Bonchev–Trinajstić information content (AvgIpc) is 2.98. The highest BCUT2D eigenvalue weighted by molar-refractivity contribution is 6.34. The number of rotatable bonds is 4. The molecule has 2 amide bonds. The molecule has 1 aliphatic carbocycles. The molecule has 1 aliphatic heterocycles. The summed E-state index contributed by atoms with van der Waals surface area (Å²) in [7, 11) is 0. The number of halogens is 1. The second kappa shape index (κ2) is 7.76. The number of amides is 2. The van der Waals surface area contributed by atoms with E-state index in [-0.39, 0.29) is 40.8 Å². The van der Waals surface area contributed by atoms with Gasteiger partial charge in [0.2, 0.25) is 11.8 Å². The van der Waals surface area contributed by atoms with E-state index in [1.54, 1.807) is 6.07 Å². The average molecular weight is 398 g/mol. The van der Waals surface area contributed by atoms with Gasteiger partial charge in [0.15, 0.2) is 0 Å². The smallest absolute Gasteiger partial charge is 0.340 e. The van der Waals surface area contributed by atoms with E-state index in [0.29, 0.717) is 5.69 Å². The van der Waals surface area contributed by atoms with Crippen molar-refractivity contribution in [2.24, 2.45) is 11.8 Å². The zero-order chi connectivity index (χ0) is 19.7. The molecular formula is C22H20ClNO4. The lowest BCUT2D eigenvalue weighted by Gasteiger charge is -2.19. The molecule has 28 heavy (non-hydrogen) atoms. The van der Waals surface area contributed by atoms with Crippen LogP contribution in [0.2, 0.25) is 5.02 Å². The molecule has 5 nitrogen and oxygen atoms in total. The lowest BCUT2D eigenvalue weighted by atomic mass is 9.81. The number of carbonyl (C=O) groups excluding carboxylic acids is 3. The number of imide groups is 1. The summed E-state index contributed by atoms with van der Waals surface area (Å²) in [5, 5.41) is 0.221. The van der Waals surface area contributed by atoms with Gasteiger partial charge in [0, 0.05) is 0 Å². The Morgan fingerprint density at radius 2 is 1.64 bits per heavy atom. The van der Waals surface area contributed by atoms with Gasteiger partial charge in [-0.25, -0.2) is 4.79 Å². The minimum absolute atomic E-state index is 0.117. The Bertz CT molecular complexity index is 903. The summed E-state index contributed by atoms with van der Waals surface area (Å²) in [5.74, 6) is -1.44. The number of carbonyl (C=O) groups is 3. The summed E-state index contributed by atoms with van der Waals surface area (Å²) in [6.45, 7) is 0.117. The number of ether oxygens (including phenoxy) is 1. The fourth-order valence-electron chi connectivity index (χ4n) is 4.03. The second-order valence-corrected chi connectivity index (χ2v) is 7.64. The van der Waals surface area contributed by atoms with Gasteiger partial charge in [-0.3, -0.25) is 14.5 Å². The number of anilines is 1. The van der Waals surface area contributed by atoms with Gasteiger partial charge in [-0.2, -0.15) is 0 Å². The van der Waals surface area contributed by atoms with E-state index in [9.17, 15) is 14.4 Å². The van der Waals surface area contributed by atoms with Gasteiger partial charge in [0.25, 0.3) is 0 Å². The van der Waals surface area contributed by atoms with Crippen molar-refractivity contribution in [3.8, 4) is 0 Å². The van der Waals surface area contributed by atoms with E-state index < -0.39 is 5.97 Å². The molecule has 2 aromatic carbocycles. The Hall–Kier alpha value is -2.66. The SMILES string of the molecule is O=C(OCc1ccccc1)c1cc(N2C(=O)C3CCCCC3C2=O)ccc1Cl. The zero-order valence-electron chi connectivity index (χ0n) is 15.3. The zero-order valence-corrected chi connectivity index (χ0v) is 16.0. The fraction of sp³-hybridized carbons (Fsp3) is 0.318. The minimum atomic E-state index is -0.591. The van der Waals surface area contributed by atoms with Crippen molar-refractivity contribution >= 4 is 35.1 Å². The molecule has 2 aliphatic rings. The summed E-state index contributed by atoms with van der Waals surface area (Å²) in [4.78, 5) is 39.3. The number of hydrogen-bond donors (Lipinski definition) is 0. The van der Waals surface area contributed by atoms with Crippen LogP contribution >= 0.6 is 11.6 Å². The van der Waals surface area contributed by atoms with E-state index in [0.717, 1.165) is 31.2 Å². The van der Waals surface area contributed by atoms with Gasteiger partial charge in [0.1, 0.15) is 6.61 Å². The van der Waals surface area contributed by atoms with E-state index in [2.05, 4.69) is 0 Å². The second-order valence-electron chi connectivity index (χ2n) is 7.24. The lowest BCUT2D eigenvalue weighted by molar-refractivity contribution is -0.122. The van der Waals surface area contributed by atoms with Crippen LogP contribution in [-0.2, 0) is 20.9 Å². The molecule has 6 heteroatoms. The van der Waals surface area contributed by atoms with Crippen LogP contribution in [0, 0.1) is 11.8 Å². The Balaban J connectivity index is 1.56. The third-order valence-corrected chi connectivity index (χ3v) is 5.81. The largest absolute Gasteiger partial charge is 0.457 e. The van der Waals surface area contributed by atoms with Crippen molar-refractivity contribution in [2.75, 3.05) is 4.90 Å². The molecule has 0 bridgehead atoms. The molecule has 1 saturated carbocycles. The Morgan fingerprint density at radius 1 is 1.00 bits per heavy atom. The first-order chi connectivity index (χ1) is 13.6. The number of fused-ring (bicyclic) bond motifs is 1. The van der Waals surface area contributed by atoms with Crippen LogP contribution in [0.25, 0.3) is 0 Å². The molecule has 1 heterocycles. The van der Waals surface area contributed by atoms with Crippen molar-refractivity contribution in [3.63, 3.8) is 0 Å². The van der Waals surface area contributed by atoms with Crippen LogP contribution < -0.4 is 4.90 Å². The number of benzene rings is 2. The lowest BCUT2D eigenvalue weighted by Crippen LogP contribution is -2.31. The molecular weight excluding hydrogens is 378 g/mol. The molecule has 0 radical (unpaired) electrons. The number of nitrogens with zero attached hydrogens (tertiary/aromatic N) is 1. The summed E-state index contributed by atoms with van der Waals surface area (Å²) >= 11 is 6.18. The minimum Gasteiger partial charge on any atom is -0.457 e. The molecule has 2 unspecified atom stereocenters. The highest BCUT2D eigenvalue weighted by atomic mass is 35.5. The molecule has 2 aromatic rings. The van der Waals surface area contributed by atoms with Gasteiger partial charge in [-0.05, 0) is 36.6 Å². The highest BCUT2D eigenvalue weighted by Gasteiger charge is 2.48. The molecule has 0 spiro atoms. The van der Waals surface area contributed by atoms with Crippen LogP contribution in [0.3, 0.4) is 0 Å². The first-order valence-corrected chi connectivity index (χ1v) is 9.82. The quantitative estimate of drug-likeness (QED) is 0.567. The van der Waals surface area contributed by atoms with Crippen molar-refractivity contribution in [1.29, 1.82) is 0 Å². The molecule has 1 saturated heterocycles. The summed E-state index contributed by atoms with van der Waals surface area (Å²) in [6, 6.07) is 13.9. The van der Waals surface area contributed by atoms with Crippen molar-refractivity contribution < 1.29 is 19.1 Å². The van der Waals surface area contributed by atoms with Gasteiger partial charge in [-0.1, -0.05) is 54.8 Å². The standard InChI is InChI=1S/C22H20ClNO4/c23-19-11-10-15(24-20(25)16-8-4-5-9-17(16)21(24)26)12-18(19)22(27)28-13-14-6-2-1-3-7-14/h1-3,6-7,10-12,16-17H,4-5,8-9,13H2. The number of hydrogen-bond acceptors (Lipinski definition) is 4. The maximum absolute atomic E-state index is 12.8. The van der Waals surface area contributed by atoms with Crippen LogP contribution in [0.15, 0.2) is 48.5 Å². The molecule has 0 aromatic heterocycles. The Kier molecular flexibility index (Phi) is 5.18. The van der Waals surface area contributed by atoms with Gasteiger partial charge in [-0.15, -0.1) is 0 Å². The predicted molar refractivity (Wildman–Crippen MR) is 105 cm³/mol. The molecule has 144 valence electrons. The molecule has 2 fully saturated rings. The maximum atomic E-state index is 12.8. The highest BCUT2D eigenvalue weighted by Crippen LogP contribution is 2.40. The molecule has 4 rings (SSSR count). The van der Waals surface area contributed by atoms with Crippen LogP contribution in [0.5, 0.6) is 0 Å². The Morgan fingerprint density at radius 3 is 2.29 bits per heavy atom. The van der Waals surface area contributed by atoms with Crippen LogP contribution in [0.4, 0.5) is 5.69 Å². The van der Waals surface area contributed by atoms with Crippen LogP contribution in [-0.4, -0.2) is 17.8 Å². The first kappa shape index (κ1) is 18.7. The third kappa shape index (κ3) is 3.42.